The minimum atomic E-state index is 0.104. The molecule has 136 valence electrons. The van der Waals surface area contributed by atoms with Crippen molar-refractivity contribution in [1.29, 1.82) is 0 Å². The van der Waals surface area contributed by atoms with Gasteiger partial charge in [-0.3, -0.25) is 0 Å². The maximum absolute atomic E-state index is 6.01. The Kier molecular flexibility index (Phi) is 8.54. The van der Waals surface area contributed by atoms with Crippen LogP contribution in [0.25, 0.3) is 11.1 Å². The highest BCUT2D eigenvalue weighted by Gasteiger charge is 2.12. The van der Waals surface area contributed by atoms with E-state index in [1.807, 2.05) is 0 Å². The fraction of sp³-hybridized carbons (Fsp3) is 0.478. The second-order valence-corrected chi connectivity index (χ2v) is 6.53. The fourth-order valence-electron chi connectivity index (χ4n) is 2.88. The van der Waals surface area contributed by atoms with Gasteiger partial charge in [-0.2, -0.15) is 0 Å². The van der Waals surface area contributed by atoms with E-state index in [-0.39, 0.29) is 6.10 Å². The van der Waals surface area contributed by atoms with Gasteiger partial charge in [-0.1, -0.05) is 69.5 Å². The van der Waals surface area contributed by atoms with Crippen molar-refractivity contribution in [2.45, 2.75) is 59.0 Å². The van der Waals surface area contributed by atoms with Crippen LogP contribution in [0.2, 0.25) is 0 Å². The molecule has 25 heavy (non-hydrogen) atoms. The van der Waals surface area contributed by atoms with E-state index in [0.29, 0.717) is 0 Å². The lowest BCUT2D eigenvalue weighted by Crippen LogP contribution is -2.03. The average Bonchev–Trinajstić information content (AvgIpc) is 2.66. The van der Waals surface area contributed by atoms with Crippen LogP contribution >= 0.6 is 0 Å². The topological polar surface area (TPSA) is 18.5 Å². The van der Waals surface area contributed by atoms with E-state index in [1.54, 1.807) is 0 Å². The van der Waals surface area contributed by atoms with Crippen LogP contribution in [0, 0.1) is 0 Å². The van der Waals surface area contributed by atoms with Gasteiger partial charge in [-0.25, -0.2) is 0 Å². The van der Waals surface area contributed by atoms with E-state index in [2.05, 4.69) is 69.3 Å². The third kappa shape index (κ3) is 6.21. The third-order valence-electron chi connectivity index (χ3n) is 4.45. The lowest BCUT2D eigenvalue weighted by atomic mass is 9.96. The van der Waals surface area contributed by atoms with Crippen LogP contribution in [-0.4, -0.2) is 13.2 Å². The third-order valence-corrected chi connectivity index (χ3v) is 4.45. The lowest BCUT2D eigenvalue weighted by Gasteiger charge is -2.18. The first-order valence-electron chi connectivity index (χ1n) is 9.70. The van der Waals surface area contributed by atoms with Gasteiger partial charge in [0.1, 0.15) is 5.75 Å². The van der Waals surface area contributed by atoms with Gasteiger partial charge in [0.15, 0.2) is 0 Å². The molecule has 0 saturated heterocycles. The molecule has 2 heteroatoms. The highest BCUT2D eigenvalue weighted by molar-refractivity contribution is 5.68. The van der Waals surface area contributed by atoms with Gasteiger partial charge in [-0.05, 0) is 48.6 Å². The van der Waals surface area contributed by atoms with Gasteiger partial charge in [0.2, 0.25) is 0 Å². The molecule has 0 fully saturated rings. The quantitative estimate of drug-likeness (QED) is 0.419. The molecule has 0 spiro atoms. The largest absolute Gasteiger partial charge is 0.494 e. The molecular weight excluding hydrogens is 308 g/mol. The number of unbranched alkanes of at least 4 members (excludes halogenated alkanes) is 3. The molecule has 1 unspecified atom stereocenters. The SMILES string of the molecule is CCCCCOc1ccc(-c2ccccc2C(C)OCCCC)cc1. The fourth-order valence-corrected chi connectivity index (χ4v) is 2.88. The maximum atomic E-state index is 6.01. The smallest absolute Gasteiger partial charge is 0.119 e. The standard InChI is InChI=1S/C23H32O2/c1-4-6-10-18-25-21-15-13-20(14-16-21)23-12-9-8-11-22(23)19(3)24-17-7-5-2/h8-9,11-16,19H,4-7,10,17-18H2,1-3H3. The van der Waals surface area contributed by atoms with E-state index in [4.69, 9.17) is 9.47 Å². The first-order chi connectivity index (χ1) is 12.3. The number of benzene rings is 2. The summed E-state index contributed by atoms with van der Waals surface area (Å²) in [6, 6.07) is 16.9. The number of rotatable bonds is 11. The minimum Gasteiger partial charge on any atom is -0.494 e. The summed E-state index contributed by atoms with van der Waals surface area (Å²) < 4.78 is 11.8. The zero-order chi connectivity index (χ0) is 17.9. The molecule has 0 radical (unpaired) electrons. The number of ether oxygens (including phenoxy) is 2. The normalized spacial score (nSPS) is 12.1. The van der Waals surface area contributed by atoms with E-state index in [1.165, 1.54) is 29.5 Å². The van der Waals surface area contributed by atoms with E-state index >= 15 is 0 Å². The number of hydrogen-bond acceptors (Lipinski definition) is 2. The lowest BCUT2D eigenvalue weighted by molar-refractivity contribution is 0.0640. The van der Waals surface area contributed by atoms with Crippen molar-refractivity contribution in [3.63, 3.8) is 0 Å². The molecule has 0 bridgehead atoms. The van der Waals surface area contributed by atoms with Crippen LogP contribution in [0.4, 0.5) is 0 Å². The second kappa shape index (κ2) is 10.9. The zero-order valence-corrected chi connectivity index (χ0v) is 16.0. The van der Waals surface area contributed by atoms with Gasteiger partial charge < -0.3 is 9.47 Å². The summed E-state index contributed by atoms with van der Waals surface area (Å²) >= 11 is 0. The summed E-state index contributed by atoms with van der Waals surface area (Å²) in [5, 5.41) is 0. The van der Waals surface area contributed by atoms with Crippen molar-refractivity contribution in [1.82, 2.24) is 0 Å². The predicted octanol–water partition coefficient (Wildman–Crippen LogP) is 6.80. The number of hydrogen-bond donors (Lipinski definition) is 0. The van der Waals surface area contributed by atoms with Gasteiger partial charge in [0, 0.05) is 6.61 Å². The first kappa shape index (κ1) is 19.5. The van der Waals surface area contributed by atoms with Crippen molar-refractivity contribution in [2.75, 3.05) is 13.2 Å². The Morgan fingerprint density at radius 3 is 2.24 bits per heavy atom. The minimum absolute atomic E-state index is 0.104. The molecule has 2 rings (SSSR count). The molecule has 2 nitrogen and oxygen atoms in total. The van der Waals surface area contributed by atoms with E-state index in [0.717, 1.165) is 38.2 Å². The Labute approximate surface area is 153 Å². The zero-order valence-electron chi connectivity index (χ0n) is 16.0. The molecular formula is C23H32O2. The Balaban J connectivity index is 2.05. The summed E-state index contributed by atoms with van der Waals surface area (Å²) in [5.41, 5.74) is 3.70. The molecule has 1 atom stereocenters. The monoisotopic (exact) mass is 340 g/mol. The molecule has 0 aliphatic carbocycles. The van der Waals surface area contributed by atoms with Crippen LogP contribution in [0.1, 0.15) is 64.5 Å². The molecule has 0 aromatic heterocycles. The van der Waals surface area contributed by atoms with Crippen LogP contribution in [0.15, 0.2) is 48.5 Å². The van der Waals surface area contributed by atoms with Crippen molar-refractivity contribution >= 4 is 0 Å². The van der Waals surface area contributed by atoms with Crippen molar-refractivity contribution in [2.24, 2.45) is 0 Å². The van der Waals surface area contributed by atoms with Crippen molar-refractivity contribution in [3.8, 4) is 16.9 Å². The van der Waals surface area contributed by atoms with E-state index in [9.17, 15) is 0 Å². The van der Waals surface area contributed by atoms with Crippen LogP contribution in [-0.2, 0) is 4.74 Å². The summed E-state index contributed by atoms with van der Waals surface area (Å²) in [6.45, 7) is 8.15. The van der Waals surface area contributed by atoms with E-state index < -0.39 is 0 Å². The first-order valence-corrected chi connectivity index (χ1v) is 9.70. The maximum Gasteiger partial charge on any atom is 0.119 e. The average molecular weight is 341 g/mol. The Bertz CT molecular complexity index is 604. The highest BCUT2D eigenvalue weighted by Crippen LogP contribution is 2.31. The van der Waals surface area contributed by atoms with Crippen LogP contribution in [0.3, 0.4) is 0 Å². The summed E-state index contributed by atoms with van der Waals surface area (Å²) in [4.78, 5) is 0. The van der Waals surface area contributed by atoms with Gasteiger partial charge in [0.05, 0.1) is 12.7 Å². The van der Waals surface area contributed by atoms with Gasteiger partial charge >= 0.3 is 0 Å². The van der Waals surface area contributed by atoms with Crippen LogP contribution < -0.4 is 4.74 Å². The Morgan fingerprint density at radius 1 is 0.800 bits per heavy atom. The second-order valence-electron chi connectivity index (χ2n) is 6.53. The molecule has 2 aromatic carbocycles. The molecule has 0 N–H and O–H groups in total. The summed E-state index contributed by atoms with van der Waals surface area (Å²) in [5.74, 6) is 0.949. The van der Waals surface area contributed by atoms with Gasteiger partial charge in [-0.15, -0.1) is 0 Å². The van der Waals surface area contributed by atoms with Crippen molar-refractivity contribution < 1.29 is 9.47 Å². The summed E-state index contributed by atoms with van der Waals surface area (Å²) in [6.07, 6.45) is 5.94. The van der Waals surface area contributed by atoms with Gasteiger partial charge in [0.25, 0.3) is 0 Å². The molecule has 0 aliphatic rings. The molecule has 0 amide bonds. The molecule has 0 heterocycles. The molecule has 0 aliphatic heterocycles. The predicted molar refractivity (Wildman–Crippen MR) is 106 cm³/mol. The molecule has 0 saturated carbocycles. The van der Waals surface area contributed by atoms with Crippen LogP contribution in [0.5, 0.6) is 5.75 Å². The Morgan fingerprint density at radius 2 is 1.52 bits per heavy atom. The molecule has 2 aromatic rings. The highest BCUT2D eigenvalue weighted by atomic mass is 16.5. The summed E-state index contributed by atoms with van der Waals surface area (Å²) in [7, 11) is 0. The Hall–Kier alpha value is -1.80. The van der Waals surface area contributed by atoms with Crippen molar-refractivity contribution in [3.05, 3.63) is 54.1 Å².